The molecule has 0 spiro atoms. The standard InChI is InChI=1S/C18H20N6O2/c25-16-6-3-7-19-24(16)13-10-22-8-11-23(12-9-22)18(26)17-14-4-1-2-5-15(14)20-21-17/h1-7H,8-13H2,(H,20,21). The minimum Gasteiger partial charge on any atom is -0.335 e. The summed E-state index contributed by atoms with van der Waals surface area (Å²) >= 11 is 0. The van der Waals surface area contributed by atoms with Gasteiger partial charge >= 0.3 is 0 Å². The van der Waals surface area contributed by atoms with Crippen molar-refractivity contribution in [1.82, 2.24) is 29.8 Å². The van der Waals surface area contributed by atoms with E-state index in [9.17, 15) is 9.59 Å². The third-order valence-corrected chi connectivity index (χ3v) is 4.75. The van der Waals surface area contributed by atoms with Crippen molar-refractivity contribution in [1.29, 1.82) is 0 Å². The molecule has 4 rings (SSSR count). The van der Waals surface area contributed by atoms with E-state index in [1.54, 1.807) is 12.3 Å². The Hall–Kier alpha value is -3.00. The van der Waals surface area contributed by atoms with Gasteiger partial charge in [0.2, 0.25) is 0 Å². The summed E-state index contributed by atoms with van der Waals surface area (Å²) in [6, 6.07) is 10.8. The fourth-order valence-corrected chi connectivity index (χ4v) is 3.24. The molecule has 1 aliphatic rings. The number of nitrogens with one attached hydrogen (secondary N) is 1. The second-order valence-corrected chi connectivity index (χ2v) is 6.34. The molecule has 1 aromatic carbocycles. The Morgan fingerprint density at radius 2 is 1.85 bits per heavy atom. The smallest absolute Gasteiger partial charge is 0.275 e. The fourth-order valence-electron chi connectivity index (χ4n) is 3.24. The molecule has 26 heavy (non-hydrogen) atoms. The first kappa shape index (κ1) is 16.5. The molecule has 8 heteroatoms. The molecule has 2 aromatic heterocycles. The number of amides is 1. The van der Waals surface area contributed by atoms with E-state index in [0.29, 0.717) is 25.3 Å². The van der Waals surface area contributed by atoms with Gasteiger partial charge in [-0.15, -0.1) is 0 Å². The third-order valence-electron chi connectivity index (χ3n) is 4.75. The van der Waals surface area contributed by atoms with Gasteiger partial charge in [0.25, 0.3) is 11.5 Å². The zero-order valence-electron chi connectivity index (χ0n) is 14.3. The Labute approximate surface area is 150 Å². The molecule has 0 aliphatic carbocycles. The summed E-state index contributed by atoms with van der Waals surface area (Å²) in [5.41, 5.74) is 1.26. The number of fused-ring (bicyclic) bond motifs is 1. The summed E-state index contributed by atoms with van der Waals surface area (Å²) in [6.45, 7) is 4.14. The van der Waals surface area contributed by atoms with E-state index >= 15 is 0 Å². The van der Waals surface area contributed by atoms with E-state index in [1.807, 2.05) is 29.2 Å². The van der Waals surface area contributed by atoms with Crippen LogP contribution < -0.4 is 5.56 Å². The number of aromatic nitrogens is 4. The lowest BCUT2D eigenvalue weighted by molar-refractivity contribution is 0.0627. The van der Waals surface area contributed by atoms with Gasteiger partial charge in [-0.2, -0.15) is 10.2 Å². The number of piperazine rings is 1. The second-order valence-electron chi connectivity index (χ2n) is 6.34. The van der Waals surface area contributed by atoms with Crippen molar-refractivity contribution in [2.75, 3.05) is 32.7 Å². The number of H-pyrrole nitrogens is 1. The van der Waals surface area contributed by atoms with Crippen LogP contribution in [0.2, 0.25) is 0 Å². The molecular formula is C18H20N6O2. The first-order valence-corrected chi connectivity index (χ1v) is 8.69. The summed E-state index contributed by atoms with van der Waals surface area (Å²) in [5.74, 6) is -0.0388. The van der Waals surface area contributed by atoms with Gasteiger partial charge in [-0.05, 0) is 12.1 Å². The molecule has 3 heterocycles. The maximum Gasteiger partial charge on any atom is 0.275 e. The highest BCUT2D eigenvalue weighted by atomic mass is 16.2. The van der Waals surface area contributed by atoms with Crippen molar-refractivity contribution in [3.05, 3.63) is 58.6 Å². The maximum absolute atomic E-state index is 12.8. The van der Waals surface area contributed by atoms with E-state index in [0.717, 1.165) is 30.5 Å². The average Bonchev–Trinajstić information content (AvgIpc) is 3.11. The van der Waals surface area contributed by atoms with Crippen molar-refractivity contribution in [2.45, 2.75) is 6.54 Å². The van der Waals surface area contributed by atoms with Gasteiger partial charge in [0.15, 0.2) is 5.69 Å². The lowest BCUT2D eigenvalue weighted by atomic mass is 10.2. The van der Waals surface area contributed by atoms with Crippen LogP contribution in [0, 0.1) is 0 Å². The van der Waals surface area contributed by atoms with E-state index < -0.39 is 0 Å². The molecule has 1 aliphatic heterocycles. The first-order valence-electron chi connectivity index (χ1n) is 8.69. The monoisotopic (exact) mass is 352 g/mol. The number of carbonyl (C=O) groups is 1. The summed E-state index contributed by atoms with van der Waals surface area (Å²) in [7, 11) is 0. The number of hydrogen-bond acceptors (Lipinski definition) is 5. The normalized spacial score (nSPS) is 15.5. The maximum atomic E-state index is 12.8. The van der Waals surface area contributed by atoms with Crippen LogP contribution in [0.5, 0.6) is 0 Å². The highest BCUT2D eigenvalue weighted by molar-refractivity contribution is 6.04. The molecule has 3 aromatic rings. The predicted molar refractivity (Wildman–Crippen MR) is 96.9 cm³/mol. The lowest BCUT2D eigenvalue weighted by Crippen LogP contribution is -2.49. The highest BCUT2D eigenvalue weighted by Gasteiger charge is 2.25. The number of benzene rings is 1. The molecule has 0 atom stereocenters. The van der Waals surface area contributed by atoms with Crippen molar-refractivity contribution in [3.63, 3.8) is 0 Å². The molecule has 8 nitrogen and oxygen atoms in total. The van der Waals surface area contributed by atoms with E-state index in [-0.39, 0.29) is 11.5 Å². The number of para-hydroxylation sites is 1. The Bertz CT molecular complexity index is 971. The van der Waals surface area contributed by atoms with Gasteiger partial charge in [-0.3, -0.25) is 19.6 Å². The van der Waals surface area contributed by atoms with E-state index in [2.05, 4.69) is 20.2 Å². The fraction of sp³-hybridized carbons (Fsp3) is 0.333. The second kappa shape index (κ2) is 7.09. The molecule has 0 saturated carbocycles. The Kier molecular flexibility index (Phi) is 4.49. The predicted octanol–water partition coefficient (Wildman–Crippen LogP) is 0.578. The van der Waals surface area contributed by atoms with Gasteiger partial charge < -0.3 is 4.90 Å². The Morgan fingerprint density at radius 3 is 2.65 bits per heavy atom. The number of carbonyl (C=O) groups excluding carboxylic acids is 1. The van der Waals surface area contributed by atoms with Crippen molar-refractivity contribution >= 4 is 16.8 Å². The van der Waals surface area contributed by atoms with Crippen LogP contribution in [0.25, 0.3) is 10.9 Å². The minimum absolute atomic E-state index is 0.0388. The van der Waals surface area contributed by atoms with Crippen LogP contribution in [0.3, 0.4) is 0 Å². The zero-order valence-corrected chi connectivity index (χ0v) is 14.3. The first-order chi connectivity index (χ1) is 12.7. The molecule has 1 amide bonds. The van der Waals surface area contributed by atoms with Gasteiger partial charge in [0, 0.05) is 50.4 Å². The van der Waals surface area contributed by atoms with Crippen LogP contribution >= 0.6 is 0 Å². The largest absolute Gasteiger partial charge is 0.335 e. The van der Waals surface area contributed by atoms with Crippen molar-refractivity contribution < 1.29 is 4.79 Å². The number of hydrogen-bond donors (Lipinski definition) is 1. The zero-order chi connectivity index (χ0) is 17.9. The van der Waals surface area contributed by atoms with Gasteiger partial charge in [0.05, 0.1) is 12.1 Å². The van der Waals surface area contributed by atoms with E-state index in [4.69, 9.17) is 0 Å². The van der Waals surface area contributed by atoms with Crippen LogP contribution in [0.1, 0.15) is 10.5 Å². The summed E-state index contributed by atoms with van der Waals surface area (Å²) in [4.78, 5) is 28.5. The summed E-state index contributed by atoms with van der Waals surface area (Å²) in [6.07, 6.45) is 1.62. The third kappa shape index (κ3) is 3.23. The molecule has 0 bridgehead atoms. The summed E-state index contributed by atoms with van der Waals surface area (Å²) in [5, 5.41) is 12.0. The summed E-state index contributed by atoms with van der Waals surface area (Å²) < 4.78 is 1.47. The molecule has 134 valence electrons. The van der Waals surface area contributed by atoms with E-state index in [1.165, 1.54) is 10.7 Å². The van der Waals surface area contributed by atoms with Crippen LogP contribution in [0.4, 0.5) is 0 Å². The molecule has 1 saturated heterocycles. The number of rotatable bonds is 4. The van der Waals surface area contributed by atoms with Gasteiger partial charge in [-0.25, -0.2) is 4.68 Å². The molecule has 1 fully saturated rings. The SMILES string of the molecule is O=C(c1n[nH]c2ccccc12)N1CCN(CCn2ncccc2=O)CC1. The van der Waals surface area contributed by atoms with Crippen molar-refractivity contribution in [3.8, 4) is 0 Å². The van der Waals surface area contributed by atoms with Crippen LogP contribution in [-0.2, 0) is 6.54 Å². The number of nitrogens with zero attached hydrogens (tertiary/aromatic N) is 5. The van der Waals surface area contributed by atoms with Crippen molar-refractivity contribution in [2.24, 2.45) is 0 Å². The average molecular weight is 352 g/mol. The topological polar surface area (TPSA) is 87.1 Å². The molecular weight excluding hydrogens is 332 g/mol. The Balaban J connectivity index is 1.35. The van der Waals surface area contributed by atoms with Gasteiger partial charge in [-0.1, -0.05) is 18.2 Å². The quantitative estimate of drug-likeness (QED) is 0.742. The van der Waals surface area contributed by atoms with Gasteiger partial charge in [0.1, 0.15) is 0 Å². The molecule has 0 unspecified atom stereocenters. The number of aromatic amines is 1. The molecule has 1 N–H and O–H groups in total. The highest BCUT2D eigenvalue weighted by Crippen LogP contribution is 2.17. The minimum atomic E-state index is -0.0910. The van der Waals surface area contributed by atoms with Crippen LogP contribution in [0.15, 0.2) is 47.4 Å². The van der Waals surface area contributed by atoms with Crippen LogP contribution in [-0.4, -0.2) is 68.4 Å². The molecule has 0 radical (unpaired) electrons. The Morgan fingerprint density at radius 1 is 1.04 bits per heavy atom. The lowest BCUT2D eigenvalue weighted by Gasteiger charge is -2.34.